The van der Waals surface area contributed by atoms with E-state index in [2.05, 4.69) is 5.32 Å². The molecule has 0 aliphatic rings. The van der Waals surface area contributed by atoms with Gasteiger partial charge in [-0.25, -0.2) is 0 Å². The van der Waals surface area contributed by atoms with Gasteiger partial charge in [-0.2, -0.15) is 0 Å². The summed E-state index contributed by atoms with van der Waals surface area (Å²) < 4.78 is 16.6. The highest BCUT2D eigenvalue weighted by atomic mass is 32.2. The molecule has 0 fully saturated rings. The van der Waals surface area contributed by atoms with Crippen molar-refractivity contribution in [2.45, 2.75) is 12.7 Å². The minimum Gasteiger partial charge on any atom is -0.494 e. The van der Waals surface area contributed by atoms with Crippen LogP contribution in [0.3, 0.4) is 0 Å². The number of ether oxygens (including phenoxy) is 1. The quantitative estimate of drug-likeness (QED) is 0.890. The summed E-state index contributed by atoms with van der Waals surface area (Å²) in [7, 11) is -0.926. The molecular weight excluding hydrogens is 298 g/mol. The van der Waals surface area contributed by atoms with Gasteiger partial charge < -0.3 is 10.1 Å². The van der Waals surface area contributed by atoms with Crippen molar-refractivity contribution in [1.82, 2.24) is 0 Å². The Kier molecular flexibility index (Phi) is 5.72. The lowest BCUT2D eigenvalue weighted by atomic mass is 10.1. The van der Waals surface area contributed by atoms with Crippen molar-refractivity contribution in [2.24, 2.45) is 0 Å². The van der Waals surface area contributed by atoms with Crippen LogP contribution >= 0.6 is 0 Å². The van der Waals surface area contributed by atoms with Crippen molar-refractivity contribution in [2.75, 3.05) is 18.2 Å². The van der Waals surface area contributed by atoms with Crippen LogP contribution in [0.5, 0.6) is 5.75 Å². The predicted octanol–water partition coefficient (Wildman–Crippen LogP) is 3.22. The Morgan fingerprint density at radius 2 is 1.91 bits per heavy atom. The molecule has 2 aromatic carbocycles. The van der Waals surface area contributed by atoms with E-state index in [9.17, 15) is 9.00 Å². The Bertz CT molecular complexity index is 668. The molecule has 1 amide bonds. The lowest BCUT2D eigenvalue weighted by Gasteiger charge is -2.08. The van der Waals surface area contributed by atoms with Gasteiger partial charge in [0, 0.05) is 34.1 Å². The van der Waals surface area contributed by atoms with Crippen LogP contribution in [0.25, 0.3) is 0 Å². The number of carbonyl (C=O) groups is 1. The molecule has 1 N–H and O–H groups in total. The maximum absolute atomic E-state index is 12.2. The van der Waals surface area contributed by atoms with Crippen molar-refractivity contribution < 1.29 is 13.7 Å². The summed E-state index contributed by atoms with van der Waals surface area (Å²) >= 11 is 0. The van der Waals surface area contributed by atoms with Gasteiger partial charge in [-0.3, -0.25) is 9.00 Å². The number of anilines is 1. The third kappa shape index (κ3) is 4.70. The first kappa shape index (κ1) is 16.2. The first-order valence-electron chi connectivity index (χ1n) is 7.01. The number of amides is 1. The average molecular weight is 317 g/mol. The van der Waals surface area contributed by atoms with Crippen molar-refractivity contribution in [1.29, 1.82) is 0 Å². The number of benzene rings is 2. The number of hydrogen-bond donors (Lipinski definition) is 1. The van der Waals surface area contributed by atoms with E-state index in [0.717, 1.165) is 11.3 Å². The fraction of sp³-hybridized carbons (Fsp3) is 0.235. The number of rotatable bonds is 6. The summed E-state index contributed by atoms with van der Waals surface area (Å²) in [4.78, 5) is 12.2. The number of hydrogen-bond acceptors (Lipinski definition) is 3. The van der Waals surface area contributed by atoms with Gasteiger partial charge >= 0.3 is 0 Å². The molecule has 0 aliphatic heterocycles. The summed E-state index contributed by atoms with van der Waals surface area (Å²) in [5, 5.41) is 2.84. The normalized spacial score (nSPS) is 11.7. The molecule has 0 saturated heterocycles. The van der Waals surface area contributed by atoms with Gasteiger partial charge in [0.05, 0.1) is 6.61 Å². The molecule has 22 heavy (non-hydrogen) atoms. The molecule has 116 valence electrons. The average Bonchev–Trinajstić information content (AvgIpc) is 2.49. The Morgan fingerprint density at radius 1 is 1.18 bits per heavy atom. The van der Waals surface area contributed by atoms with E-state index >= 15 is 0 Å². The van der Waals surface area contributed by atoms with E-state index < -0.39 is 10.8 Å². The summed E-state index contributed by atoms with van der Waals surface area (Å²) in [6.07, 6.45) is 1.65. The Labute approximate surface area is 133 Å². The lowest BCUT2D eigenvalue weighted by molar-refractivity contribution is 0.102. The van der Waals surface area contributed by atoms with Crippen LogP contribution in [0.1, 0.15) is 22.8 Å². The third-order valence-corrected chi connectivity index (χ3v) is 3.72. The van der Waals surface area contributed by atoms with Gasteiger partial charge in [-0.05, 0) is 48.9 Å². The molecule has 0 radical (unpaired) electrons. The minimum atomic E-state index is -0.926. The zero-order chi connectivity index (χ0) is 15.9. The van der Waals surface area contributed by atoms with Crippen molar-refractivity contribution in [3.8, 4) is 5.75 Å². The standard InChI is InChI=1S/C17H19NO3S/c1-3-21-16-9-7-15(8-10-16)18-17(19)14-6-4-5-13(11-14)12-22(2)20/h4-11H,3,12H2,1-2H3,(H,18,19)/t22-/m1/s1. The van der Waals surface area contributed by atoms with Gasteiger partial charge in [0.15, 0.2) is 0 Å². The molecule has 2 aromatic rings. The van der Waals surface area contributed by atoms with E-state index in [4.69, 9.17) is 4.74 Å². The third-order valence-electron chi connectivity index (χ3n) is 2.98. The Morgan fingerprint density at radius 3 is 2.55 bits per heavy atom. The number of nitrogens with one attached hydrogen (secondary N) is 1. The van der Waals surface area contributed by atoms with E-state index in [1.54, 1.807) is 36.6 Å². The Balaban J connectivity index is 2.06. The first-order valence-corrected chi connectivity index (χ1v) is 8.74. The van der Waals surface area contributed by atoms with E-state index in [1.165, 1.54) is 0 Å². The Hall–Kier alpha value is -2.14. The van der Waals surface area contributed by atoms with Crippen LogP contribution in [0, 0.1) is 0 Å². The molecule has 4 nitrogen and oxygen atoms in total. The molecule has 5 heteroatoms. The highest BCUT2D eigenvalue weighted by Gasteiger charge is 2.07. The topological polar surface area (TPSA) is 55.4 Å². The fourth-order valence-electron chi connectivity index (χ4n) is 2.04. The highest BCUT2D eigenvalue weighted by molar-refractivity contribution is 7.83. The summed E-state index contributed by atoms with van der Waals surface area (Å²) in [6.45, 7) is 2.53. The largest absolute Gasteiger partial charge is 0.494 e. The first-order chi connectivity index (χ1) is 10.6. The monoisotopic (exact) mass is 317 g/mol. The predicted molar refractivity (Wildman–Crippen MR) is 89.8 cm³/mol. The molecule has 0 bridgehead atoms. The van der Waals surface area contributed by atoms with Gasteiger partial charge in [0.2, 0.25) is 0 Å². The molecular formula is C17H19NO3S. The van der Waals surface area contributed by atoms with Crippen molar-refractivity contribution in [3.63, 3.8) is 0 Å². The van der Waals surface area contributed by atoms with Gasteiger partial charge in [-0.1, -0.05) is 12.1 Å². The van der Waals surface area contributed by atoms with Crippen LogP contribution in [0.15, 0.2) is 48.5 Å². The van der Waals surface area contributed by atoms with Crippen LogP contribution in [-0.2, 0) is 16.6 Å². The highest BCUT2D eigenvalue weighted by Crippen LogP contribution is 2.17. The molecule has 0 saturated carbocycles. The SMILES string of the molecule is CCOc1ccc(NC(=O)c2cccc(C[S@@](C)=O)c2)cc1. The molecule has 0 aromatic heterocycles. The minimum absolute atomic E-state index is 0.187. The molecule has 0 unspecified atom stereocenters. The lowest BCUT2D eigenvalue weighted by Crippen LogP contribution is -2.12. The molecule has 2 rings (SSSR count). The van der Waals surface area contributed by atoms with Crippen LogP contribution in [0.2, 0.25) is 0 Å². The second-order valence-corrected chi connectivity index (χ2v) is 6.26. The van der Waals surface area contributed by atoms with Crippen molar-refractivity contribution >= 4 is 22.4 Å². The molecule has 0 heterocycles. The number of carbonyl (C=O) groups excluding carboxylic acids is 1. The van der Waals surface area contributed by atoms with Gasteiger partial charge in [0.1, 0.15) is 5.75 Å². The summed E-state index contributed by atoms with van der Waals surface area (Å²) in [5.41, 5.74) is 2.15. The molecule has 1 atom stereocenters. The second kappa shape index (κ2) is 7.75. The molecule has 0 aliphatic carbocycles. The van der Waals surface area contributed by atoms with E-state index in [1.807, 2.05) is 25.1 Å². The van der Waals surface area contributed by atoms with E-state index in [-0.39, 0.29) is 5.91 Å². The van der Waals surface area contributed by atoms with Gasteiger partial charge in [0.25, 0.3) is 5.91 Å². The zero-order valence-corrected chi connectivity index (χ0v) is 13.5. The maximum Gasteiger partial charge on any atom is 0.255 e. The van der Waals surface area contributed by atoms with Crippen LogP contribution in [0.4, 0.5) is 5.69 Å². The van der Waals surface area contributed by atoms with Crippen LogP contribution < -0.4 is 10.1 Å². The van der Waals surface area contributed by atoms with Crippen molar-refractivity contribution in [3.05, 3.63) is 59.7 Å². The smallest absolute Gasteiger partial charge is 0.255 e. The van der Waals surface area contributed by atoms with Gasteiger partial charge in [-0.15, -0.1) is 0 Å². The van der Waals surface area contributed by atoms with E-state index in [0.29, 0.717) is 23.6 Å². The van der Waals surface area contributed by atoms with Crippen LogP contribution in [-0.4, -0.2) is 23.0 Å². The maximum atomic E-state index is 12.2. The summed E-state index contributed by atoms with van der Waals surface area (Å²) in [6, 6.07) is 14.4. The zero-order valence-electron chi connectivity index (χ0n) is 12.7. The second-order valence-electron chi connectivity index (χ2n) is 4.83. The fourth-order valence-corrected chi connectivity index (χ4v) is 2.69. The summed E-state index contributed by atoms with van der Waals surface area (Å²) in [5.74, 6) is 1.03. The molecule has 0 spiro atoms.